The summed E-state index contributed by atoms with van der Waals surface area (Å²) in [4.78, 5) is 13.6. The van der Waals surface area contributed by atoms with E-state index in [1.165, 1.54) is 7.11 Å². The molecule has 1 saturated heterocycles. The molecule has 0 radical (unpaired) electrons. The zero-order valence-electron chi connectivity index (χ0n) is 18.6. The standard InChI is InChI=1S/C24H29ClNO5P/c1-5-30-32(28,31-6-2)26-17-18(3)16-24(23(27)29-4,20-12-8-7-9-13-20)22(26)19-11-10-14-21(25)15-19/h7-15,22H,3,5-6,16-17H2,1-2,4H3/t22-,24+/m0/s1. The van der Waals surface area contributed by atoms with Gasteiger partial charge in [-0.25, -0.2) is 4.57 Å². The number of nitrogens with zero attached hydrogens (tertiary/aromatic N) is 1. The van der Waals surface area contributed by atoms with E-state index in [1.54, 1.807) is 36.7 Å². The average molecular weight is 478 g/mol. The van der Waals surface area contributed by atoms with Crippen LogP contribution in [-0.4, -0.2) is 37.5 Å². The minimum absolute atomic E-state index is 0.180. The van der Waals surface area contributed by atoms with E-state index in [1.807, 2.05) is 36.4 Å². The number of hydrogen-bond donors (Lipinski definition) is 0. The summed E-state index contributed by atoms with van der Waals surface area (Å²) in [7, 11) is -2.44. The van der Waals surface area contributed by atoms with Gasteiger partial charge < -0.3 is 4.74 Å². The molecule has 0 bridgehead atoms. The predicted octanol–water partition coefficient (Wildman–Crippen LogP) is 5.94. The van der Waals surface area contributed by atoms with Crippen molar-refractivity contribution in [1.29, 1.82) is 0 Å². The van der Waals surface area contributed by atoms with Gasteiger partial charge in [0.25, 0.3) is 0 Å². The zero-order valence-corrected chi connectivity index (χ0v) is 20.3. The molecule has 0 amide bonds. The lowest BCUT2D eigenvalue weighted by atomic mass is 9.66. The highest BCUT2D eigenvalue weighted by atomic mass is 35.5. The van der Waals surface area contributed by atoms with E-state index in [0.717, 1.165) is 11.1 Å². The molecule has 0 aliphatic carbocycles. The number of hydrogen-bond acceptors (Lipinski definition) is 5. The van der Waals surface area contributed by atoms with Gasteiger partial charge >= 0.3 is 13.7 Å². The van der Waals surface area contributed by atoms with Crippen molar-refractivity contribution >= 4 is 25.3 Å². The molecule has 6 nitrogen and oxygen atoms in total. The number of carbonyl (C=O) groups is 1. The Balaban J connectivity index is 2.36. The second-order valence-corrected chi connectivity index (χ2v) is 10.0. The van der Waals surface area contributed by atoms with Gasteiger partial charge in [-0.1, -0.05) is 66.2 Å². The molecule has 0 spiro atoms. The fourth-order valence-electron chi connectivity index (χ4n) is 4.47. The van der Waals surface area contributed by atoms with Crippen LogP contribution in [0.5, 0.6) is 0 Å². The molecule has 1 aliphatic heterocycles. The first kappa shape index (κ1) is 24.7. The van der Waals surface area contributed by atoms with Gasteiger partial charge in [0, 0.05) is 11.6 Å². The molecule has 2 aromatic rings. The van der Waals surface area contributed by atoms with Crippen LogP contribution >= 0.6 is 19.3 Å². The zero-order chi connectivity index (χ0) is 23.4. The molecule has 0 saturated carbocycles. The summed E-state index contributed by atoms with van der Waals surface area (Å²) in [6.07, 6.45) is 0.315. The molecule has 0 unspecified atom stereocenters. The third kappa shape index (κ3) is 4.57. The second kappa shape index (κ2) is 10.3. The molecule has 172 valence electrons. The molecule has 0 aromatic heterocycles. The number of halogens is 1. The highest BCUT2D eigenvalue weighted by molar-refractivity contribution is 7.51. The van der Waals surface area contributed by atoms with E-state index in [4.69, 9.17) is 25.4 Å². The number of carbonyl (C=O) groups excluding carboxylic acids is 1. The van der Waals surface area contributed by atoms with Crippen LogP contribution in [0, 0.1) is 0 Å². The Morgan fingerprint density at radius 2 is 1.81 bits per heavy atom. The lowest BCUT2D eigenvalue weighted by Gasteiger charge is -2.50. The summed E-state index contributed by atoms with van der Waals surface area (Å²) >= 11 is 6.35. The Labute approximate surface area is 194 Å². The SMILES string of the molecule is C=C1CN(P(=O)(OCC)OCC)[C@@H](c2cccc(Cl)c2)[C@](C(=O)OC)(c2ccccc2)C1. The molecule has 1 aliphatic rings. The van der Waals surface area contributed by atoms with Crippen molar-refractivity contribution in [2.75, 3.05) is 26.9 Å². The summed E-state index contributed by atoms with van der Waals surface area (Å²) in [5.74, 6) is -0.459. The maximum Gasteiger partial charge on any atom is 0.409 e. The number of benzene rings is 2. The summed E-state index contributed by atoms with van der Waals surface area (Å²) < 4.78 is 32.5. The van der Waals surface area contributed by atoms with E-state index in [2.05, 4.69) is 6.58 Å². The van der Waals surface area contributed by atoms with Gasteiger partial charge in [-0.15, -0.1) is 0 Å². The minimum atomic E-state index is -3.80. The molecule has 32 heavy (non-hydrogen) atoms. The monoisotopic (exact) mass is 477 g/mol. The number of piperidine rings is 1. The van der Waals surface area contributed by atoms with Crippen LogP contribution in [0.25, 0.3) is 0 Å². The van der Waals surface area contributed by atoms with E-state index in [9.17, 15) is 9.36 Å². The van der Waals surface area contributed by atoms with Crippen molar-refractivity contribution < 1.29 is 23.1 Å². The number of esters is 1. The molecule has 2 aromatic carbocycles. The predicted molar refractivity (Wildman–Crippen MR) is 126 cm³/mol. The van der Waals surface area contributed by atoms with E-state index < -0.39 is 25.2 Å². The summed E-state index contributed by atoms with van der Waals surface area (Å²) in [6.45, 7) is 8.28. The first-order valence-corrected chi connectivity index (χ1v) is 12.4. The van der Waals surface area contributed by atoms with Crippen molar-refractivity contribution in [2.24, 2.45) is 0 Å². The minimum Gasteiger partial charge on any atom is -0.468 e. The molecule has 1 fully saturated rings. The van der Waals surface area contributed by atoms with Gasteiger partial charge in [-0.3, -0.25) is 13.8 Å². The quantitative estimate of drug-likeness (QED) is 0.266. The van der Waals surface area contributed by atoms with Crippen LogP contribution < -0.4 is 0 Å². The molecule has 8 heteroatoms. The molecular weight excluding hydrogens is 449 g/mol. The van der Waals surface area contributed by atoms with Crippen LogP contribution in [0.2, 0.25) is 5.02 Å². The van der Waals surface area contributed by atoms with Crippen molar-refractivity contribution in [1.82, 2.24) is 4.67 Å². The van der Waals surface area contributed by atoms with Gasteiger partial charge in [0.1, 0.15) is 5.41 Å². The number of methoxy groups -OCH3 is 1. The highest BCUT2D eigenvalue weighted by Crippen LogP contribution is 2.63. The first-order valence-electron chi connectivity index (χ1n) is 10.5. The maximum atomic E-state index is 14.1. The van der Waals surface area contributed by atoms with Gasteiger partial charge in [-0.05, 0) is 43.5 Å². The van der Waals surface area contributed by atoms with Crippen LogP contribution in [0.1, 0.15) is 37.4 Å². The highest BCUT2D eigenvalue weighted by Gasteiger charge is 2.58. The topological polar surface area (TPSA) is 65.1 Å². The van der Waals surface area contributed by atoms with Gasteiger partial charge in [0.15, 0.2) is 0 Å². The van der Waals surface area contributed by atoms with Crippen molar-refractivity contribution in [3.05, 3.63) is 82.9 Å². The lowest BCUT2D eigenvalue weighted by molar-refractivity contribution is -0.151. The van der Waals surface area contributed by atoms with Gasteiger partial charge in [0.2, 0.25) is 0 Å². The Morgan fingerprint density at radius 1 is 1.16 bits per heavy atom. The Hall–Kier alpha value is -1.95. The van der Waals surface area contributed by atoms with E-state index >= 15 is 0 Å². The van der Waals surface area contributed by atoms with E-state index in [-0.39, 0.29) is 19.8 Å². The Kier molecular flexibility index (Phi) is 7.97. The van der Waals surface area contributed by atoms with Crippen LogP contribution in [-0.2, 0) is 28.6 Å². The average Bonchev–Trinajstić information content (AvgIpc) is 2.78. The largest absolute Gasteiger partial charge is 0.468 e. The van der Waals surface area contributed by atoms with Gasteiger partial charge in [-0.2, -0.15) is 4.67 Å². The Morgan fingerprint density at radius 3 is 2.38 bits per heavy atom. The van der Waals surface area contributed by atoms with Gasteiger partial charge in [0.05, 0.1) is 26.4 Å². The first-order chi connectivity index (χ1) is 15.3. The lowest BCUT2D eigenvalue weighted by Crippen LogP contribution is -2.53. The van der Waals surface area contributed by atoms with Crippen LogP contribution in [0.4, 0.5) is 0 Å². The smallest absolute Gasteiger partial charge is 0.409 e. The maximum absolute atomic E-state index is 14.1. The third-order valence-corrected chi connectivity index (χ3v) is 7.99. The van der Waals surface area contributed by atoms with Crippen LogP contribution in [0.3, 0.4) is 0 Å². The van der Waals surface area contributed by atoms with E-state index in [0.29, 0.717) is 17.0 Å². The fourth-order valence-corrected chi connectivity index (χ4v) is 6.68. The molecule has 3 rings (SSSR count). The summed E-state index contributed by atoms with van der Waals surface area (Å²) in [5.41, 5.74) is 0.915. The van der Waals surface area contributed by atoms with Crippen molar-refractivity contribution in [2.45, 2.75) is 31.7 Å². The molecule has 1 heterocycles. The molecule has 2 atom stereocenters. The fraction of sp³-hybridized carbons (Fsp3) is 0.375. The van der Waals surface area contributed by atoms with Crippen molar-refractivity contribution in [3.8, 4) is 0 Å². The number of rotatable bonds is 8. The normalized spacial score (nSPS) is 22.0. The molecular formula is C24H29ClNO5P. The van der Waals surface area contributed by atoms with Crippen LogP contribution in [0.15, 0.2) is 66.7 Å². The van der Waals surface area contributed by atoms with Crippen molar-refractivity contribution in [3.63, 3.8) is 0 Å². The summed E-state index contributed by atoms with van der Waals surface area (Å²) in [5, 5.41) is 0.501. The second-order valence-electron chi connectivity index (χ2n) is 7.61. The summed E-state index contributed by atoms with van der Waals surface area (Å²) in [6, 6.07) is 15.8. The number of ether oxygens (including phenoxy) is 1. The molecule has 0 N–H and O–H groups in total. The third-order valence-electron chi connectivity index (χ3n) is 5.58. The Bertz CT molecular complexity index is 1000.